The predicted octanol–water partition coefficient (Wildman–Crippen LogP) is 0.831. The number of rotatable bonds is 2. The third kappa shape index (κ3) is 5.08. The molecule has 0 aromatic heterocycles. The SMILES string of the molecule is CC[CH]NC(=O)OC(C)=O. The molecule has 0 aliphatic heterocycles. The minimum Gasteiger partial charge on any atom is -0.377 e. The van der Waals surface area contributed by atoms with Crippen LogP contribution in [0.5, 0.6) is 0 Å². The maximum Gasteiger partial charge on any atom is 0.415 e. The molecule has 1 radical (unpaired) electrons. The average molecular weight is 144 g/mol. The second kappa shape index (κ2) is 4.78. The Balaban J connectivity index is 3.35. The van der Waals surface area contributed by atoms with E-state index in [1.165, 1.54) is 13.5 Å². The standard InChI is InChI=1S/C6H10NO3/c1-3-4-7-6(9)10-5(2)8/h4H,3H2,1-2H3,(H,7,9). The van der Waals surface area contributed by atoms with Crippen molar-refractivity contribution < 1.29 is 14.3 Å². The van der Waals surface area contributed by atoms with Crippen LogP contribution in [0.2, 0.25) is 0 Å². The van der Waals surface area contributed by atoms with Crippen molar-refractivity contribution in [3.63, 3.8) is 0 Å². The van der Waals surface area contributed by atoms with Gasteiger partial charge in [-0.2, -0.15) is 0 Å². The Bertz CT molecular complexity index is 133. The molecule has 0 aliphatic carbocycles. The number of ether oxygens (including phenoxy) is 1. The second-order valence-electron chi connectivity index (χ2n) is 1.64. The molecule has 0 aliphatic rings. The lowest BCUT2D eigenvalue weighted by Crippen LogP contribution is -2.23. The van der Waals surface area contributed by atoms with Crippen LogP contribution in [-0.4, -0.2) is 12.1 Å². The topological polar surface area (TPSA) is 55.4 Å². The number of nitrogens with one attached hydrogen (secondary N) is 1. The van der Waals surface area contributed by atoms with Gasteiger partial charge in [0.1, 0.15) is 0 Å². The first-order valence-electron chi connectivity index (χ1n) is 2.97. The van der Waals surface area contributed by atoms with Crippen LogP contribution in [0.4, 0.5) is 4.79 Å². The molecular formula is C6H10NO3. The van der Waals surface area contributed by atoms with Crippen LogP contribution in [0.3, 0.4) is 0 Å². The third-order valence-electron chi connectivity index (χ3n) is 0.660. The van der Waals surface area contributed by atoms with E-state index in [4.69, 9.17) is 0 Å². The van der Waals surface area contributed by atoms with Crippen LogP contribution < -0.4 is 5.32 Å². The number of carbonyl (C=O) groups is 2. The Hall–Kier alpha value is -1.06. The summed E-state index contributed by atoms with van der Waals surface area (Å²) >= 11 is 0. The zero-order valence-electron chi connectivity index (χ0n) is 6.01. The summed E-state index contributed by atoms with van der Waals surface area (Å²) in [4.78, 5) is 20.5. The number of hydrogen-bond donors (Lipinski definition) is 1. The third-order valence-corrected chi connectivity index (χ3v) is 0.660. The van der Waals surface area contributed by atoms with E-state index in [9.17, 15) is 9.59 Å². The molecule has 10 heavy (non-hydrogen) atoms. The molecule has 0 aromatic rings. The summed E-state index contributed by atoms with van der Waals surface area (Å²) in [5, 5.41) is 2.26. The first kappa shape index (κ1) is 8.94. The van der Waals surface area contributed by atoms with Gasteiger partial charge in [-0.15, -0.1) is 0 Å². The lowest BCUT2D eigenvalue weighted by molar-refractivity contribution is -0.134. The van der Waals surface area contributed by atoms with Crippen molar-refractivity contribution >= 4 is 12.1 Å². The van der Waals surface area contributed by atoms with Gasteiger partial charge in [-0.05, 0) is 6.42 Å². The van der Waals surface area contributed by atoms with E-state index < -0.39 is 12.1 Å². The zero-order chi connectivity index (χ0) is 7.98. The molecule has 0 rings (SSSR count). The molecule has 0 spiro atoms. The molecule has 0 saturated carbocycles. The summed E-state index contributed by atoms with van der Waals surface area (Å²) in [5.74, 6) is -0.609. The molecule has 0 unspecified atom stereocenters. The minimum absolute atomic E-state index is 0.609. The van der Waals surface area contributed by atoms with Crippen LogP contribution in [-0.2, 0) is 9.53 Å². The lowest BCUT2D eigenvalue weighted by Gasteiger charge is -1.99. The Kier molecular flexibility index (Phi) is 4.28. The Morgan fingerprint density at radius 3 is 2.60 bits per heavy atom. The van der Waals surface area contributed by atoms with Crippen LogP contribution in [0.25, 0.3) is 0 Å². The zero-order valence-corrected chi connectivity index (χ0v) is 6.01. The molecule has 0 atom stereocenters. The summed E-state index contributed by atoms with van der Waals surface area (Å²) in [7, 11) is 0. The van der Waals surface area contributed by atoms with Crippen molar-refractivity contribution in [3.8, 4) is 0 Å². The fourth-order valence-electron chi connectivity index (χ4n) is 0.345. The summed E-state index contributed by atoms with van der Waals surface area (Å²) in [6.45, 7) is 4.53. The number of esters is 1. The number of amides is 1. The highest BCUT2D eigenvalue weighted by Gasteiger charge is 2.02. The van der Waals surface area contributed by atoms with Gasteiger partial charge in [0.25, 0.3) is 0 Å². The minimum atomic E-state index is -0.727. The lowest BCUT2D eigenvalue weighted by atomic mass is 10.5. The maximum absolute atomic E-state index is 10.4. The number of hydrogen-bond acceptors (Lipinski definition) is 3. The molecule has 1 amide bonds. The van der Waals surface area contributed by atoms with Gasteiger partial charge in [-0.1, -0.05) is 6.92 Å². The second-order valence-corrected chi connectivity index (χ2v) is 1.64. The van der Waals surface area contributed by atoms with Gasteiger partial charge in [0.2, 0.25) is 0 Å². The normalized spacial score (nSPS) is 8.60. The smallest absolute Gasteiger partial charge is 0.377 e. The van der Waals surface area contributed by atoms with Crippen molar-refractivity contribution in [3.05, 3.63) is 6.54 Å². The molecule has 1 N–H and O–H groups in total. The van der Waals surface area contributed by atoms with Crippen molar-refractivity contribution in [1.29, 1.82) is 0 Å². The summed E-state index contributed by atoms with van der Waals surface area (Å²) in [5.41, 5.74) is 0. The highest BCUT2D eigenvalue weighted by molar-refractivity contribution is 5.83. The fraction of sp³-hybridized carbons (Fsp3) is 0.500. The molecular weight excluding hydrogens is 134 g/mol. The van der Waals surface area contributed by atoms with Crippen molar-refractivity contribution in [2.24, 2.45) is 0 Å². The van der Waals surface area contributed by atoms with Crippen LogP contribution in [0, 0.1) is 6.54 Å². The molecule has 0 saturated heterocycles. The molecule has 0 aromatic carbocycles. The summed E-state index contributed by atoms with van der Waals surface area (Å²) < 4.78 is 4.13. The summed E-state index contributed by atoms with van der Waals surface area (Å²) in [6, 6.07) is 0. The van der Waals surface area contributed by atoms with Crippen molar-refractivity contribution in [1.82, 2.24) is 5.32 Å². The first-order chi connectivity index (χ1) is 4.66. The molecule has 4 heteroatoms. The van der Waals surface area contributed by atoms with E-state index in [2.05, 4.69) is 10.1 Å². The molecule has 57 valence electrons. The predicted molar refractivity (Wildman–Crippen MR) is 34.9 cm³/mol. The van der Waals surface area contributed by atoms with Crippen LogP contribution in [0.1, 0.15) is 20.3 Å². The Labute approximate surface area is 59.6 Å². The Morgan fingerprint density at radius 1 is 1.60 bits per heavy atom. The average Bonchev–Trinajstić information content (AvgIpc) is 1.82. The largest absolute Gasteiger partial charge is 0.415 e. The van der Waals surface area contributed by atoms with E-state index in [-0.39, 0.29) is 0 Å². The highest BCUT2D eigenvalue weighted by atomic mass is 16.6. The van der Waals surface area contributed by atoms with Gasteiger partial charge >= 0.3 is 12.1 Å². The summed E-state index contributed by atoms with van der Waals surface area (Å²) in [6.07, 6.45) is -0.0261. The van der Waals surface area contributed by atoms with E-state index in [0.29, 0.717) is 6.42 Å². The number of alkyl carbamates (subject to hydrolysis) is 1. The quantitative estimate of drug-likeness (QED) is 0.461. The van der Waals surface area contributed by atoms with Crippen molar-refractivity contribution in [2.45, 2.75) is 20.3 Å². The van der Waals surface area contributed by atoms with Crippen molar-refractivity contribution in [2.75, 3.05) is 0 Å². The molecule has 4 nitrogen and oxygen atoms in total. The molecule has 0 fully saturated rings. The monoisotopic (exact) mass is 144 g/mol. The number of carbonyl (C=O) groups excluding carboxylic acids is 2. The van der Waals surface area contributed by atoms with Gasteiger partial charge in [0.15, 0.2) is 0 Å². The van der Waals surface area contributed by atoms with Gasteiger partial charge < -0.3 is 10.1 Å². The highest BCUT2D eigenvalue weighted by Crippen LogP contribution is 1.82. The van der Waals surface area contributed by atoms with E-state index >= 15 is 0 Å². The molecule has 0 heterocycles. The Morgan fingerprint density at radius 2 is 2.20 bits per heavy atom. The van der Waals surface area contributed by atoms with Gasteiger partial charge in [0, 0.05) is 6.92 Å². The first-order valence-corrected chi connectivity index (χ1v) is 2.97. The van der Waals surface area contributed by atoms with Crippen LogP contribution >= 0.6 is 0 Å². The van der Waals surface area contributed by atoms with Gasteiger partial charge in [-0.25, -0.2) is 4.79 Å². The van der Waals surface area contributed by atoms with Gasteiger partial charge in [-0.3, -0.25) is 4.79 Å². The molecule has 0 bridgehead atoms. The van der Waals surface area contributed by atoms with Crippen LogP contribution in [0.15, 0.2) is 0 Å². The van der Waals surface area contributed by atoms with E-state index in [0.717, 1.165) is 0 Å². The van der Waals surface area contributed by atoms with E-state index in [1.807, 2.05) is 6.92 Å². The fourth-order valence-corrected chi connectivity index (χ4v) is 0.345. The maximum atomic E-state index is 10.4. The van der Waals surface area contributed by atoms with Gasteiger partial charge in [0.05, 0.1) is 6.54 Å². The van der Waals surface area contributed by atoms with E-state index in [1.54, 1.807) is 0 Å².